The highest BCUT2D eigenvalue weighted by molar-refractivity contribution is 6.34. The van der Waals surface area contributed by atoms with E-state index in [1.807, 2.05) is 18.2 Å². The van der Waals surface area contributed by atoms with Crippen molar-refractivity contribution in [3.8, 4) is 0 Å². The summed E-state index contributed by atoms with van der Waals surface area (Å²) in [5.74, 6) is 1.63. The summed E-state index contributed by atoms with van der Waals surface area (Å²) in [6.07, 6.45) is 1.20. The van der Waals surface area contributed by atoms with Crippen LogP contribution in [0.25, 0.3) is 11.0 Å². The van der Waals surface area contributed by atoms with Crippen LogP contribution in [0.4, 0.5) is 0 Å². The van der Waals surface area contributed by atoms with E-state index in [9.17, 15) is 0 Å². The molecule has 84 valence electrons. The molecule has 0 spiro atoms. The monoisotopic (exact) mass is 235 g/mol. The zero-order valence-electron chi connectivity index (χ0n) is 9.13. The number of hydrogen-bond donors (Lipinski definition) is 2. The summed E-state index contributed by atoms with van der Waals surface area (Å²) in [6.45, 7) is 3.32. The fourth-order valence-corrected chi connectivity index (χ4v) is 2.58. The van der Waals surface area contributed by atoms with Crippen LogP contribution in [0.5, 0.6) is 0 Å². The van der Waals surface area contributed by atoms with Crippen LogP contribution in [-0.2, 0) is 0 Å². The van der Waals surface area contributed by atoms with Gasteiger partial charge in [-0.25, -0.2) is 4.98 Å². The largest absolute Gasteiger partial charge is 0.341 e. The zero-order valence-corrected chi connectivity index (χ0v) is 9.88. The molecule has 0 amide bonds. The lowest BCUT2D eigenvalue weighted by molar-refractivity contribution is 0.484. The van der Waals surface area contributed by atoms with Crippen molar-refractivity contribution in [2.45, 2.75) is 19.4 Å². The van der Waals surface area contributed by atoms with Crippen LogP contribution in [0.1, 0.15) is 25.2 Å². The van der Waals surface area contributed by atoms with Gasteiger partial charge in [-0.1, -0.05) is 24.6 Å². The van der Waals surface area contributed by atoms with Gasteiger partial charge in [0.15, 0.2) is 0 Å². The maximum absolute atomic E-state index is 6.11. The smallest absolute Gasteiger partial charge is 0.124 e. The molecule has 2 N–H and O–H groups in total. The molecule has 0 saturated carbocycles. The van der Waals surface area contributed by atoms with Crippen LogP contribution in [0.2, 0.25) is 5.02 Å². The molecular weight excluding hydrogens is 222 g/mol. The third-order valence-electron chi connectivity index (χ3n) is 3.31. The van der Waals surface area contributed by atoms with Crippen LogP contribution >= 0.6 is 11.6 Å². The van der Waals surface area contributed by atoms with E-state index in [0.717, 1.165) is 23.4 Å². The van der Waals surface area contributed by atoms with Crippen LogP contribution in [0.15, 0.2) is 18.2 Å². The number of para-hydroxylation sites is 1. The van der Waals surface area contributed by atoms with Crippen molar-refractivity contribution in [2.24, 2.45) is 5.92 Å². The molecule has 1 fully saturated rings. The summed E-state index contributed by atoms with van der Waals surface area (Å²) < 4.78 is 0. The number of imidazole rings is 1. The van der Waals surface area contributed by atoms with Gasteiger partial charge >= 0.3 is 0 Å². The van der Waals surface area contributed by atoms with Gasteiger partial charge < -0.3 is 10.3 Å². The molecule has 1 aromatic carbocycles. The Labute approximate surface area is 99.2 Å². The topological polar surface area (TPSA) is 40.7 Å². The fraction of sp³-hybridized carbons (Fsp3) is 0.417. The van der Waals surface area contributed by atoms with E-state index in [4.69, 9.17) is 11.6 Å². The van der Waals surface area contributed by atoms with Crippen LogP contribution in [-0.4, -0.2) is 16.5 Å². The van der Waals surface area contributed by atoms with Crippen molar-refractivity contribution in [1.82, 2.24) is 15.3 Å². The summed E-state index contributed by atoms with van der Waals surface area (Å²) in [5, 5.41) is 4.18. The van der Waals surface area contributed by atoms with Crippen molar-refractivity contribution < 1.29 is 0 Å². The molecule has 2 unspecified atom stereocenters. The minimum atomic E-state index is 0.337. The Balaban J connectivity index is 2.08. The zero-order chi connectivity index (χ0) is 11.1. The Hall–Kier alpha value is -1.06. The van der Waals surface area contributed by atoms with Crippen LogP contribution < -0.4 is 5.32 Å². The van der Waals surface area contributed by atoms with Gasteiger partial charge in [-0.05, 0) is 31.0 Å². The van der Waals surface area contributed by atoms with E-state index in [0.29, 0.717) is 17.0 Å². The summed E-state index contributed by atoms with van der Waals surface area (Å²) >= 11 is 6.11. The predicted molar refractivity (Wildman–Crippen MR) is 65.6 cm³/mol. The maximum atomic E-state index is 6.11. The van der Waals surface area contributed by atoms with Crippen molar-refractivity contribution in [2.75, 3.05) is 6.54 Å². The molecule has 4 heteroatoms. The van der Waals surface area contributed by atoms with Gasteiger partial charge in [-0.2, -0.15) is 0 Å². The van der Waals surface area contributed by atoms with E-state index in [1.54, 1.807) is 0 Å². The second-order valence-corrected chi connectivity index (χ2v) is 4.86. The minimum absolute atomic E-state index is 0.337. The van der Waals surface area contributed by atoms with E-state index in [1.165, 1.54) is 6.42 Å². The molecule has 1 aromatic heterocycles. The highest BCUT2D eigenvalue weighted by Crippen LogP contribution is 2.30. The standard InChI is InChI=1S/C12H14ClN3/c1-7-5-6-14-10(7)12-15-9-4-2-3-8(13)11(9)16-12/h2-4,7,10,14H,5-6H2,1H3,(H,15,16). The first-order valence-electron chi connectivity index (χ1n) is 5.63. The first-order chi connectivity index (χ1) is 7.75. The number of rotatable bonds is 1. The lowest BCUT2D eigenvalue weighted by atomic mass is 10.0. The molecule has 0 bridgehead atoms. The van der Waals surface area contributed by atoms with Crippen molar-refractivity contribution >= 4 is 22.6 Å². The number of benzene rings is 1. The number of fused-ring (bicyclic) bond motifs is 1. The number of halogens is 1. The molecule has 2 aromatic rings. The Morgan fingerprint density at radius 2 is 2.31 bits per heavy atom. The van der Waals surface area contributed by atoms with Gasteiger partial charge in [0.25, 0.3) is 0 Å². The molecule has 16 heavy (non-hydrogen) atoms. The van der Waals surface area contributed by atoms with Crippen molar-refractivity contribution in [1.29, 1.82) is 0 Å². The van der Waals surface area contributed by atoms with E-state index in [2.05, 4.69) is 22.2 Å². The lowest BCUT2D eigenvalue weighted by Gasteiger charge is -2.11. The SMILES string of the molecule is CC1CCNC1c1nc2c(Cl)cccc2[nH]1. The predicted octanol–water partition coefficient (Wildman–Crippen LogP) is 2.89. The number of aromatic nitrogens is 2. The van der Waals surface area contributed by atoms with Crippen molar-refractivity contribution in [3.63, 3.8) is 0 Å². The molecule has 1 aliphatic heterocycles. The van der Waals surface area contributed by atoms with Gasteiger partial charge in [-0.15, -0.1) is 0 Å². The van der Waals surface area contributed by atoms with Gasteiger partial charge in [0.05, 0.1) is 16.6 Å². The van der Waals surface area contributed by atoms with E-state index < -0.39 is 0 Å². The normalized spacial score (nSPS) is 25.4. The fourth-order valence-electron chi connectivity index (χ4n) is 2.36. The molecule has 0 radical (unpaired) electrons. The van der Waals surface area contributed by atoms with Gasteiger partial charge in [0.1, 0.15) is 11.3 Å². The summed E-state index contributed by atoms with van der Waals surface area (Å²) in [5.41, 5.74) is 1.89. The number of hydrogen-bond acceptors (Lipinski definition) is 2. The average Bonchev–Trinajstić information content (AvgIpc) is 2.84. The Bertz CT molecular complexity index is 520. The second kappa shape index (κ2) is 3.75. The highest BCUT2D eigenvalue weighted by atomic mass is 35.5. The quantitative estimate of drug-likeness (QED) is 0.798. The third-order valence-corrected chi connectivity index (χ3v) is 3.61. The lowest BCUT2D eigenvalue weighted by Crippen LogP contribution is -2.17. The van der Waals surface area contributed by atoms with Crippen molar-refractivity contribution in [3.05, 3.63) is 29.0 Å². The summed E-state index contributed by atoms with van der Waals surface area (Å²) in [6, 6.07) is 6.17. The Morgan fingerprint density at radius 3 is 3.00 bits per heavy atom. The number of aromatic amines is 1. The van der Waals surface area contributed by atoms with Crippen LogP contribution in [0.3, 0.4) is 0 Å². The van der Waals surface area contributed by atoms with Gasteiger partial charge in [-0.3, -0.25) is 0 Å². The minimum Gasteiger partial charge on any atom is -0.341 e. The Kier molecular flexibility index (Phi) is 2.37. The molecule has 0 aliphatic carbocycles. The number of nitrogens with one attached hydrogen (secondary N) is 2. The molecule has 2 atom stereocenters. The maximum Gasteiger partial charge on any atom is 0.124 e. The molecule has 2 heterocycles. The molecular formula is C12H14ClN3. The van der Waals surface area contributed by atoms with E-state index >= 15 is 0 Å². The molecule has 3 nitrogen and oxygen atoms in total. The Morgan fingerprint density at radius 1 is 1.44 bits per heavy atom. The third kappa shape index (κ3) is 1.51. The number of nitrogens with zero attached hydrogens (tertiary/aromatic N) is 1. The molecule has 3 rings (SSSR count). The first kappa shape index (κ1) is 10.1. The first-order valence-corrected chi connectivity index (χ1v) is 6.01. The summed E-state index contributed by atoms with van der Waals surface area (Å²) in [4.78, 5) is 7.95. The van der Waals surface area contributed by atoms with E-state index in [-0.39, 0.29) is 0 Å². The molecule has 1 aliphatic rings. The average molecular weight is 236 g/mol. The highest BCUT2D eigenvalue weighted by Gasteiger charge is 2.27. The van der Waals surface area contributed by atoms with Crippen LogP contribution in [0, 0.1) is 5.92 Å². The second-order valence-electron chi connectivity index (χ2n) is 4.46. The summed E-state index contributed by atoms with van der Waals surface area (Å²) in [7, 11) is 0. The van der Waals surface area contributed by atoms with Gasteiger partial charge in [0, 0.05) is 0 Å². The van der Waals surface area contributed by atoms with Gasteiger partial charge in [0.2, 0.25) is 0 Å². The molecule has 1 saturated heterocycles. The number of H-pyrrole nitrogens is 1.